The van der Waals surface area contributed by atoms with E-state index in [1.807, 2.05) is 77.3 Å². The van der Waals surface area contributed by atoms with Crippen LogP contribution >= 0.6 is 11.3 Å². The van der Waals surface area contributed by atoms with Crippen LogP contribution in [0.25, 0.3) is 21.1 Å². The fraction of sp³-hybridized carbons (Fsp3) is 0.397. The highest BCUT2D eigenvalue weighted by Crippen LogP contribution is 2.35. The van der Waals surface area contributed by atoms with Crippen LogP contribution < -0.4 is 25.2 Å². The Labute approximate surface area is 434 Å². The summed E-state index contributed by atoms with van der Waals surface area (Å²) in [6, 6.07) is 31.9. The zero-order chi connectivity index (χ0) is 50.7. The largest absolute Gasteiger partial charge is 0.489 e. The fourth-order valence-corrected chi connectivity index (χ4v) is 12.5. The highest BCUT2D eigenvalue weighted by atomic mass is 32.1. The summed E-state index contributed by atoms with van der Waals surface area (Å²) in [6.07, 6.45) is 11.0. The molecule has 4 aliphatic heterocycles. The summed E-state index contributed by atoms with van der Waals surface area (Å²) in [5.74, 6) is 0.502. The van der Waals surface area contributed by atoms with Gasteiger partial charge in [-0.15, -0.1) is 0 Å². The molecule has 3 saturated heterocycles. The quantitative estimate of drug-likeness (QED) is 0.0784. The minimum absolute atomic E-state index is 0.0410. The molecular formula is C58H63N9O6S. The van der Waals surface area contributed by atoms with E-state index in [0.717, 1.165) is 82.9 Å². The summed E-state index contributed by atoms with van der Waals surface area (Å²) in [7, 11) is 1.93. The van der Waals surface area contributed by atoms with E-state index in [9.17, 15) is 24.3 Å². The number of carboxylic acid groups (broad SMARTS) is 1. The highest BCUT2D eigenvalue weighted by molar-refractivity contribution is 7.22. The number of thiazole rings is 1. The minimum atomic E-state index is -1.11. The van der Waals surface area contributed by atoms with Crippen LogP contribution in [0.15, 0.2) is 97.1 Å². The molecule has 0 bridgehead atoms. The van der Waals surface area contributed by atoms with Crippen molar-refractivity contribution in [2.45, 2.75) is 89.7 Å². The molecule has 3 fully saturated rings. The van der Waals surface area contributed by atoms with Crippen LogP contribution in [0.2, 0.25) is 0 Å². The molecule has 15 nitrogen and oxygen atoms in total. The standard InChI is InChI=1S/C58H63N9O6S/c1-64-49-34-42(17-18-45(49)54(63-64)46-19-21-52(68)61-56(46)70)66-30-24-37(25-31-66)8-6-27-65-28-22-38(23-29-65)14-15-39-7-4-10-43(33-39)73-36-41-16-20-51(60-53(41)57(71)72)67-32-26-40-9-5-11-44(47(40)35-67)55(69)62-58-59-48-12-2-3-13-50(48)74-58/h2-5,7,9-13,16-18,20,33-34,37-38,46H,6,8,14-15,19,21-32,35-36H2,1H3,(H,71,72)(H,59,62,69)(H,61,68,70). The van der Waals surface area contributed by atoms with E-state index in [1.165, 1.54) is 67.7 Å². The van der Waals surface area contributed by atoms with Crippen LogP contribution in [0.1, 0.15) is 112 Å². The molecule has 11 rings (SSSR count). The number of amides is 3. The summed E-state index contributed by atoms with van der Waals surface area (Å²) in [5, 5.41) is 22.0. The molecule has 1 unspecified atom stereocenters. The van der Waals surface area contributed by atoms with Crippen molar-refractivity contribution in [3.8, 4) is 5.75 Å². The van der Waals surface area contributed by atoms with Gasteiger partial charge in [-0.25, -0.2) is 14.8 Å². The molecule has 3 N–H and O–H groups in total. The Kier molecular flexibility index (Phi) is 14.4. The predicted molar refractivity (Wildman–Crippen MR) is 288 cm³/mol. The fourth-order valence-electron chi connectivity index (χ4n) is 11.6. The number of imide groups is 1. The first-order chi connectivity index (χ1) is 36.1. The number of carboxylic acids is 1. The maximum absolute atomic E-state index is 13.6. The lowest BCUT2D eigenvalue weighted by Crippen LogP contribution is -2.39. The number of likely N-dealkylation sites (tertiary alicyclic amines) is 1. The van der Waals surface area contributed by atoms with Gasteiger partial charge in [0.1, 0.15) is 18.2 Å². The Morgan fingerprint density at radius 2 is 1.64 bits per heavy atom. The van der Waals surface area contributed by atoms with Crippen molar-refractivity contribution in [2.24, 2.45) is 18.9 Å². The number of ether oxygens (including phenoxy) is 1. The van der Waals surface area contributed by atoms with Gasteiger partial charge in [0, 0.05) is 61.8 Å². The van der Waals surface area contributed by atoms with E-state index in [4.69, 9.17) is 9.84 Å². The number of aryl methyl sites for hydroxylation is 2. The molecule has 4 aliphatic rings. The molecular weight excluding hydrogens is 951 g/mol. The number of hydrogen-bond acceptors (Lipinski definition) is 12. The highest BCUT2D eigenvalue weighted by Gasteiger charge is 2.32. The summed E-state index contributed by atoms with van der Waals surface area (Å²) < 4.78 is 9.10. The predicted octanol–water partition coefficient (Wildman–Crippen LogP) is 9.53. The number of carbonyl (C=O) groups excluding carboxylic acids is 3. The number of nitrogens with zero attached hydrogens (tertiary/aromatic N) is 7. The monoisotopic (exact) mass is 1010 g/mol. The summed E-state index contributed by atoms with van der Waals surface area (Å²) in [6.45, 7) is 6.70. The van der Waals surface area contributed by atoms with Crippen molar-refractivity contribution in [3.63, 3.8) is 0 Å². The van der Waals surface area contributed by atoms with Crippen LogP contribution in [0.5, 0.6) is 5.75 Å². The van der Waals surface area contributed by atoms with Gasteiger partial charge in [0.2, 0.25) is 11.8 Å². The van der Waals surface area contributed by atoms with Gasteiger partial charge in [0.25, 0.3) is 5.91 Å². The number of aromatic nitrogens is 4. The zero-order valence-electron chi connectivity index (χ0n) is 41.9. The van der Waals surface area contributed by atoms with Gasteiger partial charge in [-0.1, -0.05) is 47.7 Å². The molecule has 1 atom stereocenters. The van der Waals surface area contributed by atoms with Gasteiger partial charge in [-0.05, 0) is 173 Å². The first kappa shape index (κ1) is 49.1. The van der Waals surface area contributed by atoms with Crippen molar-refractivity contribution < 1.29 is 29.0 Å². The Morgan fingerprint density at radius 1 is 0.824 bits per heavy atom. The second-order valence-electron chi connectivity index (χ2n) is 20.6. The number of para-hydroxylation sites is 1. The summed E-state index contributed by atoms with van der Waals surface area (Å²) in [5.41, 5.74) is 8.05. The molecule has 0 spiro atoms. The van der Waals surface area contributed by atoms with Crippen molar-refractivity contribution >= 4 is 72.8 Å². The van der Waals surface area contributed by atoms with E-state index in [-0.39, 0.29) is 30.0 Å². The normalized spacial score (nSPS) is 17.9. The molecule has 382 valence electrons. The third-order valence-electron chi connectivity index (χ3n) is 15.9. The van der Waals surface area contributed by atoms with Crippen LogP contribution in [-0.4, -0.2) is 92.7 Å². The van der Waals surface area contributed by atoms with Gasteiger partial charge < -0.3 is 24.5 Å². The number of pyridine rings is 1. The first-order valence-electron chi connectivity index (χ1n) is 26.3. The zero-order valence-corrected chi connectivity index (χ0v) is 42.7. The second-order valence-corrected chi connectivity index (χ2v) is 21.6. The van der Waals surface area contributed by atoms with Crippen molar-refractivity contribution in [1.82, 2.24) is 30.0 Å². The number of anilines is 3. The molecule has 16 heteroatoms. The Bertz CT molecular complexity index is 3190. The SMILES string of the molecule is Cn1nc(C2CCC(=O)NC2=O)c2ccc(N3CCC(CCCN4CCC(CCc5cccc(OCc6ccc(N7CCc8cccc(C(=O)Nc9nc%10ccccc%10s9)c8C7)nc6C(=O)O)c5)CC4)CC3)cc21. The lowest BCUT2D eigenvalue weighted by Gasteiger charge is -2.35. The van der Waals surface area contributed by atoms with Crippen LogP contribution in [0, 0.1) is 11.8 Å². The molecule has 7 heterocycles. The van der Waals surface area contributed by atoms with Gasteiger partial charge in [0.15, 0.2) is 10.8 Å². The topological polar surface area (TPSA) is 175 Å². The molecule has 0 aliphatic carbocycles. The first-order valence-corrected chi connectivity index (χ1v) is 27.2. The van der Waals surface area contributed by atoms with E-state index in [1.54, 1.807) is 6.07 Å². The number of aromatic carboxylic acids is 1. The van der Waals surface area contributed by atoms with Crippen LogP contribution in [-0.2, 0) is 42.6 Å². The summed E-state index contributed by atoms with van der Waals surface area (Å²) >= 11 is 1.44. The average molecular weight is 1010 g/mol. The minimum Gasteiger partial charge on any atom is -0.489 e. The number of benzene rings is 4. The summed E-state index contributed by atoms with van der Waals surface area (Å²) in [4.78, 5) is 66.9. The van der Waals surface area contributed by atoms with Crippen molar-refractivity contribution in [3.05, 3.63) is 136 Å². The molecule has 0 saturated carbocycles. The number of nitrogens with one attached hydrogen (secondary N) is 2. The van der Waals surface area contributed by atoms with Gasteiger partial charge >= 0.3 is 5.97 Å². The maximum Gasteiger partial charge on any atom is 0.354 e. The van der Waals surface area contributed by atoms with Crippen LogP contribution in [0.4, 0.5) is 16.6 Å². The van der Waals surface area contributed by atoms with Gasteiger partial charge in [-0.2, -0.15) is 5.10 Å². The Balaban J connectivity index is 0.610. The number of carbonyl (C=O) groups is 4. The number of piperidine rings is 3. The molecule has 0 radical (unpaired) electrons. The number of rotatable bonds is 16. The Hall–Kier alpha value is -7.17. The van der Waals surface area contributed by atoms with Gasteiger partial charge in [-0.3, -0.25) is 29.7 Å². The average Bonchev–Trinajstić information content (AvgIpc) is 3.99. The molecule has 74 heavy (non-hydrogen) atoms. The van der Waals surface area contributed by atoms with E-state index < -0.39 is 11.9 Å². The van der Waals surface area contributed by atoms with E-state index in [2.05, 4.69) is 60.7 Å². The molecule has 7 aromatic rings. The third kappa shape index (κ3) is 10.9. The smallest absolute Gasteiger partial charge is 0.354 e. The number of hydrogen-bond donors (Lipinski definition) is 3. The maximum atomic E-state index is 13.6. The van der Waals surface area contributed by atoms with Crippen molar-refractivity contribution in [1.29, 1.82) is 0 Å². The second kappa shape index (κ2) is 21.7. The number of fused-ring (bicyclic) bond motifs is 3. The van der Waals surface area contributed by atoms with Crippen LogP contribution in [0.3, 0.4) is 0 Å². The van der Waals surface area contributed by atoms with E-state index in [0.29, 0.717) is 66.1 Å². The lowest BCUT2D eigenvalue weighted by atomic mass is 9.89. The Morgan fingerprint density at radius 3 is 2.46 bits per heavy atom. The van der Waals surface area contributed by atoms with Crippen molar-refractivity contribution in [2.75, 3.05) is 54.4 Å². The molecule has 3 aromatic heterocycles. The molecule has 3 amide bonds. The third-order valence-corrected chi connectivity index (χ3v) is 16.8. The molecule has 4 aromatic carbocycles. The van der Waals surface area contributed by atoms with E-state index >= 15 is 0 Å². The lowest BCUT2D eigenvalue weighted by molar-refractivity contribution is -0.134. The van der Waals surface area contributed by atoms with Gasteiger partial charge in [0.05, 0.1) is 27.3 Å².